The van der Waals surface area contributed by atoms with Crippen molar-refractivity contribution in [2.24, 2.45) is 5.92 Å². The monoisotopic (exact) mass is 253 g/mol. The van der Waals surface area contributed by atoms with E-state index in [1.807, 2.05) is 6.08 Å². The molecule has 0 unspecified atom stereocenters. The van der Waals surface area contributed by atoms with Gasteiger partial charge in [0, 0.05) is 25.8 Å². The zero-order valence-corrected chi connectivity index (χ0v) is 11.0. The van der Waals surface area contributed by atoms with E-state index in [1.54, 1.807) is 0 Å². The molecule has 2 fully saturated rings. The van der Waals surface area contributed by atoms with Gasteiger partial charge in [0.2, 0.25) is 5.91 Å². The Balaban J connectivity index is 1.66. The molecule has 0 radical (unpaired) electrons. The highest BCUT2D eigenvalue weighted by Gasteiger charge is 2.40. The predicted molar refractivity (Wildman–Crippen MR) is 69.0 cm³/mol. The van der Waals surface area contributed by atoms with Crippen LogP contribution in [0.2, 0.25) is 0 Å². The molecule has 4 nitrogen and oxygen atoms in total. The zero-order chi connectivity index (χ0) is 12.8. The van der Waals surface area contributed by atoms with Crippen molar-refractivity contribution in [3.8, 4) is 0 Å². The SMILES string of the molecule is C=CCCNC(=O)CC1CCC2(CC1)OCCO2. The molecule has 1 saturated heterocycles. The van der Waals surface area contributed by atoms with E-state index in [9.17, 15) is 4.79 Å². The molecular formula is C14H23NO3. The van der Waals surface area contributed by atoms with Crippen molar-refractivity contribution in [2.45, 2.75) is 44.3 Å². The molecule has 1 N–H and O–H groups in total. The van der Waals surface area contributed by atoms with Gasteiger partial charge in [0.1, 0.15) is 0 Å². The van der Waals surface area contributed by atoms with Crippen LogP contribution < -0.4 is 5.32 Å². The van der Waals surface area contributed by atoms with Crippen LogP contribution in [0.25, 0.3) is 0 Å². The third-order valence-corrected chi connectivity index (χ3v) is 3.83. The Morgan fingerprint density at radius 2 is 2.00 bits per heavy atom. The molecule has 18 heavy (non-hydrogen) atoms. The van der Waals surface area contributed by atoms with E-state index in [2.05, 4.69) is 11.9 Å². The first-order valence-electron chi connectivity index (χ1n) is 6.90. The van der Waals surface area contributed by atoms with Gasteiger partial charge in [-0.3, -0.25) is 4.79 Å². The van der Waals surface area contributed by atoms with Gasteiger partial charge in [0.05, 0.1) is 13.2 Å². The normalized spacial score (nSPS) is 23.1. The minimum absolute atomic E-state index is 0.158. The highest BCUT2D eigenvalue weighted by atomic mass is 16.7. The van der Waals surface area contributed by atoms with E-state index >= 15 is 0 Å². The quantitative estimate of drug-likeness (QED) is 0.602. The van der Waals surface area contributed by atoms with Crippen molar-refractivity contribution in [2.75, 3.05) is 19.8 Å². The lowest BCUT2D eigenvalue weighted by molar-refractivity contribution is -0.183. The van der Waals surface area contributed by atoms with Gasteiger partial charge in [0.25, 0.3) is 0 Å². The summed E-state index contributed by atoms with van der Waals surface area (Å²) in [6, 6.07) is 0. The van der Waals surface area contributed by atoms with Gasteiger partial charge >= 0.3 is 0 Å². The molecule has 2 rings (SSSR count). The van der Waals surface area contributed by atoms with Crippen LogP contribution in [0.1, 0.15) is 38.5 Å². The summed E-state index contributed by atoms with van der Waals surface area (Å²) in [6.45, 7) is 5.76. The summed E-state index contributed by atoms with van der Waals surface area (Å²) in [7, 11) is 0. The van der Waals surface area contributed by atoms with Crippen LogP contribution >= 0.6 is 0 Å². The second kappa shape index (κ2) is 6.34. The van der Waals surface area contributed by atoms with E-state index in [1.165, 1.54) is 0 Å². The molecule has 2 aliphatic rings. The van der Waals surface area contributed by atoms with E-state index in [4.69, 9.17) is 9.47 Å². The van der Waals surface area contributed by atoms with Gasteiger partial charge in [0.15, 0.2) is 5.79 Å². The van der Waals surface area contributed by atoms with E-state index in [-0.39, 0.29) is 11.7 Å². The Labute approximate surface area is 109 Å². The molecule has 4 heteroatoms. The van der Waals surface area contributed by atoms with E-state index in [0.29, 0.717) is 32.1 Å². The summed E-state index contributed by atoms with van der Waals surface area (Å²) < 4.78 is 11.4. The first-order chi connectivity index (χ1) is 8.74. The lowest BCUT2D eigenvalue weighted by Gasteiger charge is -2.35. The van der Waals surface area contributed by atoms with Gasteiger partial charge in [-0.15, -0.1) is 6.58 Å². The van der Waals surface area contributed by atoms with Crippen molar-refractivity contribution in [3.63, 3.8) is 0 Å². The third-order valence-electron chi connectivity index (χ3n) is 3.83. The van der Waals surface area contributed by atoms with Crippen LogP contribution in [-0.4, -0.2) is 31.5 Å². The minimum atomic E-state index is -0.310. The summed E-state index contributed by atoms with van der Waals surface area (Å²) in [4.78, 5) is 11.7. The summed E-state index contributed by atoms with van der Waals surface area (Å²) in [5.74, 6) is 0.328. The zero-order valence-electron chi connectivity index (χ0n) is 11.0. The standard InChI is InChI=1S/C14H23NO3/c1-2-3-8-15-13(16)11-12-4-6-14(7-5-12)17-9-10-18-14/h2,12H,1,3-11H2,(H,15,16). The molecule has 1 aliphatic carbocycles. The Hall–Kier alpha value is -0.870. The average molecular weight is 253 g/mol. The largest absolute Gasteiger partial charge is 0.356 e. The molecule has 0 bridgehead atoms. The highest BCUT2D eigenvalue weighted by molar-refractivity contribution is 5.76. The van der Waals surface area contributed by atoms with Gasteiger partial charge in [-0.1, -0.05) is 6.08 Å². The molecule has 0 atom stereocenters. The molecule has 0 aromatic rings. The summed E-state index contributed by atoms with van der Waals surface area (Å²) in [6.07, 6.45) is 7.19. The van der Waals surface area contributed by atoms with Gasteiger partial charge < -0.3 is 14.8 Å². The highest BCUT2D eigenvalue weighted by Crippen LogP contribution is 2.39. The maximum Gasteiger partial charge on any atom is 0.220 e. The first kappa shape index (κ1) is 13.6. The van der Waals surface area contributed by atoms with Crippen LogP contribution in [0, 0.1) is 5.92 Å². The number of ether oxygens (including phenoxy) is 2. The Morgan fingerprint density at radius 3 is 2.61 bits per heavy atom. The summed E-state index contributed by atoms with van der Waals surface area (Å²) in [5, 5.41) is 2.92. The molecule has 1 saturated carbocycles. The van der Waals surface area contributed by atoms with Crippen molar-refractivity contribution < 1.29 is 14.3 Å². The molecule has 1 aliphatic heterocycles. The molecule has 102 valence electrons. The smallest absolute Gasteiger partial charge is 0.220 e. The van der Waals surface area contributed by atoms with Gasteiger partial charge in [-0.2, -0.15) is 0 Å². The van der Waals surface area contributed by atoms with Crippen LogP contribution in [0.15, 0.2) is 12.7 Å². The minimum Gasteiger partial charge on any atom is -0.356 e. The summed E-state index contributed by atoms with van der Waals surface area (Å²) in [5.41, 5.74) is 0. The molecule has 0 aromatic carbocycles. The Bertz CT molecular complexity index is 287. The number of rotatable bonds is 5. The fourth-order valence-electron chi connectivity index (χ4n) is 2.76. The third kappa shape index (κ3) is 3.56. The number of carbonyl (C=O) groups is 1. The second-order valence-electron chi connectivity index (χ2n) is 5.18. The molecule has 1 heterocycles. The van der Waals surface area contributed by atoms with E-state index < -0.39 is 0 Å². The number of hydrogen-bond acceptors (Lipinski definition) is 3. The van der Waals surface area contributed by atoms with Crippen LogP contribution in [-0.2, 0) is 14.3 Å². The van der Waals surface area contributed by atoms with Crippen LogP contribution in [0.3, 0.4) is 0 Å². The van der Waals surface area contributed by atoms with Crippen molar-refractivity contribution >= 4 is 5.91 Å². The van der Waals surface area contributed by atoms with Crippen molar-refractivity contribution in [3.05, 3.63) is 12.7 Å². The fourth-order valence-corrected chi connectivity index (χ4v) is 2.76. The fraction of sp³-hybridized carbons (Fsp3) is 0.786. The average Bonchev–Trinajstić information content (AvgIpc) is 2.81. The Morgan fingerprint density at radius 1 is 1.33 bits per heavy atom. The van der Waals surface area contributed by atoms with Crippen LogP contribution in [0.5, 0.6) is 0 Å². The lowest BCUT2D eigenvalue weighted by atomic mass is 9.83. The second-order valence-corrected chi connectivity index (χ2v) is 5.18. The topological polar surface area (TPSA) is 47.6 Å². The van der Waals surface area contributed by atoms with Gasteiger partial charge in [-0.25, -0.2) is 0 Å². The van der Waals surface area contributed by atoms with Gasteiger partial charge in [-0.05, 0) is 25.2 Å². The first-order valence-corrected chi connectivity index (χ1v) is 6.90. The van der Waals surface area contributed by atoms with Crippen LogP contribution in [0.4, 0.5) is 0 Å². The summed E-state index contributed by atoms with van der Waals surface area (Å²) >= 11 is 0. The molecule has 1 spiro atoms. The maximum absolute atomic E-state index is 11.7. The Kier molecular flexibility index (Phi) is 4.78. The lowest BCUT2D eigenvalue weighted by Crippen LogP contribution is -2.36. The van der Waals surface area contributed by atoms with E-state index in [0.717, 1.165) is 32.1 Å². The van der Waals surface area contributed by atoms with Crippen molar-refractivity contribution in [1.82, 2.24) is 5.32 Å². The molecule has 0 aromatic heterocycles. The van der Waals surface area contributed by atoms with Crippen molar-refractivity contribution in [1.29, 1.82) is 0 Å². The molecule has 1 amide bonds. The molecular weight excluding hydrogens is 230 g/mol. The number of amides is 1. The maximum atomic E-state index is 11.7. The number of nitrogens with one attached hydrogen (secondary N) is 1. The number of hydrogen-bond donors (Lipinski definition) is 1. The predicted octanol–water partition coefficient (Wildman–Crippen LogP) is 2.00. The number of carbonyl (C=O) groups excluding carboxylic acids is 1.